The number of carbonyl (C=O) groups excluding carboxylic acids is 1. The van der Waals surface area contributed by atoms with Gasteiger partial charge in [-0.2, -0.15) is 5.10 Å². The predicted molar refractivity (Wildman–Crippen MR) is 148 cm³/mol. The number of aromatic nitrogens is 1. The Balaban J connectivity index is 1.38. The lowest BCUT2D eigenvalue weighted by atomic mass is 9.93. The van der Waals surface area contributed by atoms with Crippen LogP contribution < -0.4 is 5.43 Å². The van der Waals surface area contributed by atoms with Gasteiger partial charge >= 0.3 is 0 Å². The van der Waals surface area contributed by atoms with Gasteiger partial charge in [-0.05, 0) is 29.7 Å². The molecule has 3 heterocycles. The summed E-state index contributed by atoms with van der Waals surface area (Å²) in [7, 11) is 0. The fraction of sp³-hybridized carbons (Fsp3) is 0.323. The Morgan fingerprint density at radius 2 is 1.41 bits per heavy atom. The van der Waals surface area contributed by atoms with Crippen LogP contribution in [0.2, 0.25) is 0 Å². The van der Waals surface area contributed by atoms with Crippen LogP contribution in [0, 0.1) is 5.92 Å². The van der Waals surface area contributed by atoms with Crippen LogP contribution in [0.5, 0.6) is 0 Å². The average Bonchev–Trinajstić information content (AvgIpc) is 2.92. The van der Waals surface area contributed by atoms with Gasteiger partial charge in [0, 0.05) is 63.5 Å². The van der Waals surface area contributed by atoms with E-state index in [1.807, 2.05) is 6.07 Å². The maximum Gasteiger partial charge on any atom is 0.243 e. The van der Waals surface area contributed by atoms with E-state index in [0.29, 0.717) is 12.8 Å². The van der Waals surface area contributed by atoms with Gasteiger partial charge in [0.05, 0.1) is 11.6 Å². The molecule has 4 bridgehead atoms. The summed E-state index contributed by atoms with van der Waals surface area (Å²) >= 11 is 0. The number of nitrogens with one attached hydrogen (secondary N) is 1. The molecule has 1 amide bonds. The molecule has 0 saturated heterocycles. The molecule has 0 spiro atoms. The molecule has 3 aromatic rings. The zero-order valence-corrected chi connectivity index (χ0v) is 21.3. The van der Waals surface area contributed by atoms with Gasteiger partial charge in [-0.25, -0.2) is 5.43 Å². The molecule has 1 atom stereocenters. The van der Waals surface area contributed by atoms with Gasteiger partial charge in [0.1, 0.15) is 0 Å². The Labute approximate surface area is 219 Å². The van der Waals surface area contributed by atoms with Gasteiger partial charge < -0.3 is 0 Å². The Kier molecular flexibility index (Phi) is 8.51. The number of hydrogen-bond acceptors (Lipinski definition) is 5. The molecule has 1 aromatic heterocycles. The molecule has 0 fully saturated rings. The van der Waals surface area contributed by atoms with Crippen LogP contribution in [-0.2, 0) is 30.8 Å². The maximum absolute atomic E-state index is 12.6. The molecule has 0 radical (unpaired) electrons. The summed E-state index contributed by atoms with van der Waals surface area (Å²) in [6.07, 6.45) is 6.72. The first-order valence-electron chi connectivity index (χ1n) is 13.2. The highest BCUT2D eigenvalue weighted by Gasteiger charge is 2.26. The molecule has 0 aliphatic carbocycles. The van der Waals surface area contributed by atoms with Crippen molar-refractivity contribution >= 4 is 11.6 Å². The van der Waals surface area contributed by atoms with Crippen molar-refractivity contribution in [1.29, 1.82) is 0 Å². The Morgan fingerprint density at radius 3 is 2.14 bits per heavy atom. The zero-order chi connectivity index (χ0) is 25.3. The summed E-state index contributed by atoms with van der Waals surface area (Å²) in [4.78, 5) is 22.4. The number of fused-ring (bicyclic) bond motifs is 4. The van der Waals surface area contributed by atoms with E-state index < -0.39 is 0 Å². The fourth-order valence-corrected chi connectivity index (χ4v) is 5.02. The summed E-state index contributed by atoms with van der Waals surface area (Å²) in [5.74, 6) is -0.141. The molecule has 0 saturated carbocycles. The molecular formula is C31H35N5O. The highest BCUT2D eigenvalue weighted by atomic mass is 16.2. The van der Waals surface area contributed by atoms with Crippen molar-refractivity contribution in [3.8, 4) is 0 Å². The number of nitrogens with zero attached hydrogens (tertiary/aromatic N) is 4. The molecule has 6 heteroatoms. The second-order valence-electron chi connectivity index (χ2n) is 9.98. The summed E-state index contributed by atoms with van der Waals surface area (Å²) in [5.41, 5.74) is 8.42. The standard InChI is InChI=1S/C31H35N5O/c37-31-27-20-28-14-9-15-30(32-28)24-36(23-26-12-5-2-6-13-26)18-8-7-17-35(19-16-29(21-27)33-34-31)22-25-10-3-1-4-11-25/h1-15,27H,16-24H2,(H,34,37)/b8-7+. The van der Waals surface area contributed by atoms with E-state index >= 15 is 0 Å². The number of hydrazone groups is 1. The topological polar surface area (TPSA) is 60.8 Å². The SMILES string of the molecule is O=C1NN=C2CCN(Cc3ccccc3)C/C=C/CN(Cc3ccccc3)Cc3cccc(n3)CC1C2. The van der Waals surface area contributed by atoms with E-state index in [2.05, 4.69) is 105 Å². The Bertz CT molecular complexity index is 1220. The van der Waals surface area contributed by atoms with E-state index in [4.69, 9.17) is 4.98 Å². The summed E-state index contributed by atoms with van der Waals surface area (Å²) < 4.78 is 0. The minimum absolute atomic E-state index is 0.00755. The van der Waals surface area contributed by atoms with Crippen molar-refractivity contribution in [1.82, 2.24) is 20.2 Å². The van der Waals surface area contributed by atoms with Crippen molar-refractivity contribution in [3.63, 3.8) is 0 Å². The fourth-order valence-electron chi connectivity index (χ4n) is 5.02. The van der Waals surface area contributed by atoms with Crippen LogP contribution in [0.25, 0.3) is 0 Å². The van der Waals surface area contributed by atoms with Crippen LogP contribution >= 0.6 is 0 Å². The van der Waals surface area contributed by atoms with E-state index in [1.54, 1.807) is 0 Å². The van der Waals surface area contributed by atoms with Crippen LogP contribution in [0.3, 0.4) is 0 Å². The summed E-state index contributed by atoms with van der Waals surface area (Å²) in [5, 5.41) is 4.40. The molecule has 2 aliphatic heterocycles. The number of benzene rings is 2. The zero-order valence-electron chi connectivity index (χ0n) is 21.3. The number of pyridine rings is 1. The van der Waals surface area contributed by atoms with Crippen LogP contribution in [-0.4, -0.2) is 46.0 Å². The van der Waals surface area contributed by atoms with Gasteiger partial charge in [0.2, 0.25) is 5.91 Å². The predicted octanol–water partition coefficient (Wildman–Crippen LogP) is 4.58. The number of hydrogen-bond donors (Lipinski definition) is 1. The highest BCUT2D eigenvalue weighted by Crippen LogP contribution is 2.19. The second kappa shape index (κ2) is 12.6. The molecule has 5 rings (SSSR count). The van der Waals surface area contributed by atoms with E-state index in [0.717, 1.165) is 62.8 Å². The smallest absolute Gasteiger partial charge is 0.243 e. The van der Waals surface area contributed by atoms with Crippen LogP contribution in [0.1, 0.15) is 35.4 Å². The van der Waals surface area contributed by atoms with Crippen molar-refractivity contribution in [2.75, 3.05) is 19.6 Å². The van der Waals surface area contributed by atoms with Gasteiger partial charge in [0.15, 0.2) is 0 Å². The quantitative estimate of drug-likeness (QED) is 0.541. The van der Waals surface area contributed by atoms with E-state index in [-0.39, 0.29) is 11.8 Å². The number of rotatable bonds is 4. The largest absolute Gasteiger partial charge is 0.295 e. The van der Waals surface area contributed by atoms with Crippen LogP contribution in [0.15, 0.2) is 96.1 Å². The lowest BCUT2D eigenvalue weighted by molar-refractivity contribution is -0.125. The summed E-state index contributed by atoms with van der Waals surface area (Å²) in [6.45, 7) is 5.10. The first-order valence-corrected chi connectivity index (χ1v) is 13.2. The first kappa shape index (κ1) is 25.1. The summed E-state index contributed by atoms with van der Waals surface area (Å²) in [6, 6.07) is 27.4. The first-order chi connectivity index (χ1) is 18.2. The Hall–Kier alpha value is -3.61. The highest BCUT2D eigenvalue weighted by molar-refractivity contribution is 5.94. The van der Waals surface area contributed by atoms with E-state index in [9.17, 15) is 4.79 Å². The monoisotopic (exact) mass is 493 g/mol. The molecule has 1 N–H and O–H groups in total. The molecule has 2 aliphatic rings. The lowest BCUT2D eigenvalue weighted by Crippen LogP contribution is -2.37. The normalized spacial score (nSPS) is 20.6. The van der Waals surface area contributed by atoms with Crippen LogP contribution in [0.4, 0.5) is 0 Å². The van der Waals surface area contributed by atoms with Crippen molar-refractivity contribution < 1.29 is 4.79 Å². The minimum atomic E-state index is -0.133. The van der Waals surface area contributed by atoms with Gasteiger partial charge in [0.25, 0.3) is 0 Å². The molecular weight excluding hydrogens is 458 g/mol. The van der Waals surface area contributed by atoms with Crippen molar-refractivity contribution in [2.24, 2.45) is 11.0 Å². The Morgan fingerprint density at radius 1 is 0.757 bits per heavy atom. The number of carbonyl (C=O) groups is 1. The molecule has 190 valence electrons. The molecule has 6 nitrogen and oxygen atoms in total. The second-order valence-corrected chi connectivity index (χ2v) is 9.98. The van der Waals surface area contributed by atoms with Gasteiger partial charge in [-0.3, -0.25) is 19.6 Å². The number of amides is 1. The van der Waals surface area contributed by atoms with Crippen molar-refractivity contribution in [2.45, 2.75) is 38.9 Å². The molecule has 1 unspecified atom stereocenters. The average molecular weight is 494 g/mol. The maximum atomic E-state index is 12.6. The van der Waals surface area contributed by atoms with Gasteiger partial charge in [-0.1, -0.05) is 78.9 Å². The minimum Gasteiger partial charge on any atom is -0.295 e. The van der Waals surface area contributed by atoms with E-state index in [1.165, 1.54) is 11.1 Å². The lowest BCUT2D eigenvalue weighted by Gasteiger charge is -2.25. The third-order valence-electron chi connectivity index (χ3n) is 6.99. The third kappa shape index (κ3) is 7.44. The van der Waals surface area contributed by atoms with Crippen molar-refractivity contribution in [3.05, 3.63) is 114 Å². The molecule has 2 aromatic carbocycles. The molecule has 37 heavy (non-hydrogen) atoms. The van der Waals surface area contributed by atoms with Gasteiger partial charge in [-0.15, -0.1) is 0 Å². The third-order valence-corrected chi connectivity index (χ3v) is 6.99.